The second-order valence-corrected chi connectivity index (χ2v) is 4.79. The summed E-state index contributed by atoms with van der Waals surface area (Å²) in [6.45, 7) is 4.96. The molecule has 6 nitrogen and oxygen atoms in total. The highest BCUT2D eigenvalue weighted by Crippen LogP contribution is 2.06. The van der Waals surface area contributed by atoms with Crippen LogP contribution in [0.4, 0.5) is 5.82 Å². The number of amides is 1. The lowest BCUT2D eigenvalue weighted by Crippen LogP contribution is -2.45. The summed E-state index contributed by atoms with van der Waals surface area (Å²) in [5.41, 5.74) is 5.85. The Morgan fingerprint density at radius 3 is 2.65 bits per heavy atom. The molecule has 1 heterocycles. The number of likely N-dealkylation sites (N-methyl/N-ethyl adjacent to an activating group) is 1. The van der Waals surface area contributed by atoms with Gasteiger partial charge < -0.3 is 16.0 Å². The molecule has 1 aromatic rings. The molecule has 1 rings (SSSR count). The van der Waals surface area contributed by atoms with E-state index >= 15 is 0 Å². The third kappa shape index (κ3) is 4.07. The number of hydrogen-bond acceptors (Lipinski definition) is 4. The summed E-state index contributed by atoms with van der Waals surface area (Å²) in [6.07, 6.45) is 0. The minimum atomic E-state index is -0.172. The molecule has 0 fully saturated rings. The van der Waals surface area contributed by atoms with Crippen molar-refractivity contribution in [3.8, 4) is 0 Å². The molecule has 0 saturated carbocycles. The van der Waals surface area contributed by atoms with Gasteiger partial charge in [0.25, 0.3) is 5.91 Å². The average Bonchev–Trinajstić information content (AvgIpc) is 2.63. The van der Waals surface area contributed by atoms with Crippen molar-refractivity contribution in [2.24, 2.45) is 5.92 Å². The summed E-state index contributed by atoms with van der Waals surface area (Å²) in [5.74, 6) is 0.514. The van der Waals surface area contributed by atoms with Gasteiger partial charge in [0.2, 0.25) is 0 Å². The Bertz CT molecular complexity index is 372. The summed E-state index contributed by atoms with van der Waals surface area (Å²) >= 11 is 0. The number of aromatic nitrogens is 2. The molecule has 6 heteroatoms. The van der Waals surface area contributed by atoms with Crippen molar-refractivity contribution in [2.75, 3.05) is 26.4 Å². The zero-order valence-electron chi connectivity index (χ0n) is 10.8. The van der Waals surface area contributed by atoms with E-state index in [9.17, 15) is 4.79 Å². The van der Waals surface area contributed by atoms with Crippen LogP contribution in [-0.4, -0.2) is 47.7 Å². The van der Waals surface area contributed by atoms with E-state index in [0.29, 0.717) is 17.4 Å². The van der Waals surface area contributed by atoms with Crippen LogP contribution in [0, 0.1) is 5.92 Å². The van der Waals surface area contributed by atoms with Crippen LogP contribution in [0.15, 0.2) is 6.07 Å². The highest BCUT2D eigenvalue weighted by Gasteiger charge is 2.18. The van der Waals surface area contributed by atoms with Gasteiger partial charge in [0.05, 0.1) is 0 Å². The maximum Gasteiger partial charge on any atom is 0.269 e. The lowest BCUT2D eigenvalue weighted by atomic mass is 10.0. The van der Waals surface area contributed by atoms with Crippen LogP contribution in [0.3, 0.4) is 0 Å². The highest BCUT2D eigenvalue weighted by atomic mass is 16.2. The number of H-pyrrole nitrogens is 1. The fraction of sp³-hybridized carbons (Fsp3) is 0.636. The van der Waals surface area contributed by atoms with E-state index in [0.717, 1.165) is 6.54 Å². The molecule has 0 aromatic carbocycles. The first kappa shape index (κ1) is 13.5. The van der Waals surface area contributed by atoms with Gasteiger partial charge in [-0.05, 0) is 20.0 Å². The van der Waals surface area contributed by atoms with Gasteiger partial charge >= 0.3 is 0 Å². The fourth-order valence-corrected chi connectivity index (χ4v) is 1.52. The fourth-order valence-electron chi connectivity index (χ4n) is 1.52. The van der Waals surface area contributed by atoms with E-state index in [1.54, 1.807) is 0 Å². The predicted octanol–water partition coefficient (Wildman–Crippen LogP) is 0.308. The zero-order valence-corrected chi connectivity index (χ0v) is 10.8. The van der Waals surface area contributed by atoms with Crippen molar-refractivity contribution in [2.45, 2.75) is 19.9 Å². The number of rotatable bonds is 5. The topological polar surface area (TPSA) is 87.0 Å². The number of carbonyl (C=O) groups is 1. The Morgan fingerprint density at radius 2 is 2.24 bits per heavy atom. The van der Waals surface area contributed by atoms with E-state index in [1.807, 2.05) is 19.0 Å². The van der Waals surface area contributed by atoms with Crippen molar-refractivity contribution >= 4 is 11.7 Å². The number of hydrogen-bond donors (Lipinski definition) is 3. The summed E-state index contributed by atoms with van der Waals surface area (Å²) in [7, 11) is 3.96. The monoisotopic (exact) mass is 239 g/mol. The maximum atomic E-state index is 11.9. The number of nitrogens with one attached hydrogen (secondary N) is 2. The summed E-state index contributed by atoms with van der Waals surface area (Å²) in [4.78, 5) is 13.9. The van der Waals surface area contributed by atoms with E-state index in [2.05, 4.69) is 29.4 Å². The Morgan fingerprint density at radius 1 is 1.59 bits per heavy atom. The SMILES string of the molecule is CC(C)C(CN(C)C)NC(=O)c1cc(N)n[nH]1. The molecule has 0 saturated heterocycles. The number of aromatic amines is 1. The van der Waals surface area contributed by atoms with Crippen LogP contribution >= 0.6 is 0 Å². The molecule has 1 aromatic heterocycles. The molecule has 0 spiro atoms. The molecule has 1 unspecified atom stereocenters. The largest absolute Gasteiger partial charge is 0.382 e. The summed E-state index contributed by atoms with van der Waals surface area (Å²) in [6, 6.07) is 1.63. The van der Waals surface area contributed by atoms with Crippen LogP contribution in [0.2, 0.25) is 0 Å². The van der Waals surface area contributed by atoms with Crippen molar-refractivity contribution in [1.29, 1.82) is 0 Å². The molecular formula is C11H21N5O. The van der Waals surface area contributed by atoms with Crippen LogP contribution in [0.25, 0.3) is 0 Å². The summed E-state index contributed by atoms with van der Waals surface area (Å²) in [5, 5.41) is 9.30. The third-order valence-electron chi connectivity index (χ3n) is 2.53. The first-order valence-corrected chi connectivity index (χ1v) is 5.66. The van der Waals surface area contributed by atoms with Crippen LogP contribution < -0.4 is 11.1 Å². The van der Waals surface area contributed by atoms with Gasteiger partial charge in [0.15, 0.2) is 0 Å². The minimum Gasteiger partial charge on any atom is -0.382 e. The van der Waals surface area contributed by atoms with E-state index < -0.39 is 0 Å². The highest BCUT2D eigenvalue weighted by molar-refractivity contribution is 5.93. The second-order valence-electron chi connectivity index (χ2n) is 4.79. The van der Waals surface area contributed by atoms with Gasteiger partial charge in [0.1, 0.15) is 11.5 Å². The smallest absolute Gasteiger partial charge is 0.269 e. The standard InChI is InChI=1S/C11H21N5O/c1-7(2)9(6-16(3)4)13-11(17)8-5-10(12)15-14-8/h5,7,9H,6H2,1-4H3,(H,13,17)(H3,12,14,15). The Balaban J connectivity index is 2.64. The predicted molar refractivity (Wildman–Crippen MR) is 67.6 cm³/mol. The Hall–Kier alpha value is -1.56. The van der Waals surface area contributed by atoms with Gasteiger partial charge in [-0.15, -0.1) is 0 Å². The van der Waals surface area contributed by atoms with Gasteiger partial charge in [0, 0.05) is 18.7 Å². The molecule has 1 atom stereocenters. The van der Waals surface area contributed by atoms with Crippen LogP contribution in [0.5, 0.6) is 0 Å². The first-order chi connectivity index (χ1) is 7.90. The number of nitrogen functional groups attached to an aromatic ring is 1. The lowest BCUT2D eigenvalue weighted by molar-refractivity contribution is 0.0911. The van der Waals surface area contributed by atoms with Crippen LogP contribution in [-0.2, 0) is 0 Å². The van der Waals surface area contributed by atoms with E-state index in [-0.39, 0.29) is 11.9 Å². The van der Waals surface area contributed by atoms with Gasteiger partial charge in [-0.1, -0.05) is 13.8 Å². The molecule has 96 valence electrons. The van der Waals surface area contributed by atoms with Crippen molar-refractivity contribution in [3.05, 3.63) is 11.8 Å². The number of nitrogens with two attached hydrogens (primary N) is 1. The Kier molecular flexibility index (Phi) is 4.51. The normalized spacial score (nSPS) is 13.1. The quantitative estimate of drug-likeness (QED) is 0.690. The van der Waals surface area contributed by atoms with E-state index in [4.69, 9.17) is 5.73 Å². The van der Waals surface area contributed by atoms with Crippen molar-refractivity contribution in [1.82, 2.24) is 20.4 Å². The molecule has 0 radical (unpaired) electrons. The van der Waals surface area contributed by atoms with Gasteiger partial charge in [-0.25, -0.2) is 0 Å². The molecule has 0 aliphatic heterocycles. The minimum absolute atomic E-state index is 0.0991. The van der Waals surface area contributed by atoms with Crippen LogP contribution in [0.1, 0.15) is 24.3 Å². The molecule has 1 amide bonds. The first-order valence-electron chi connectivity index (χ1n) is 5.66. The van der Waals surface area contributed by atoms with Gasteiger partial charge in [-0.2, -0.15) is 5.10 Å². The molecule has 0 aliphatic carbocycles. The summed E-state index contributed by atoms with van der Waals surface area (Å²) < 4.78 is 0. The van der Waals surface area contributed by atoms with Crippen molar-refractivity contribution in [3.63, 3.8) is 0 Å². The number of anilines is 1. The van der Waals surface area contributed by atoms with Crippen molar-refractivity contribution < 1.29 is 4.79 Å². The van der Waals surface area contributed by atoms with Gasteiger partial charge in [-0.3, -0.25) is 9.89 Å². The number of carbonyl (C=O) groups excluding carboxylic acids is 1. The average molecular weight is 239 g/mol. The Labute approximate surface area is 102 Å². The molecule has 4 N–H and O–H groups in total. The maximum absolute atomic E-state index is 11.9. The third-order valence-corrected chi connectivity index (χ3v) is 2.53. The number of nitrogens with zero attached hydrogens (tertiary/aromatic N) is 2. The van der Waals surface area contributed by atoms with E-state index in [1.165, 1.54) is 6.07 Å². The lowest BCUT2D eigenvalue weighted by Gasteiger charge is -2.25. The zero-order chi connectivity index (χ0) is 13.0. The molecule has 0 aliphatic rings. The molecule has 17 heavy (non-hydrogen) atoms. The second kappa shape index (κ2) is 5.67. The molecular weight excluding hydrogens is 218 g/mol. The molecule has 0 bridgehead atoms.